The lowest BCUT2D eigenvalue weighted by Crippen LogP contribution is -2.32. The summed E-state index contributed by atoms with van der Waals surface area (Å²) in [5, 5.41) is 6.60. The molecule has 0 aliphatic carbocycles. The third-order valence-electron chi connectivity index (χ3n) is 5.72. The topological polar surface area (TPSA) is 74.0 Å². The normalized spacial score (nSPS) is 17.4. The van der Waals surface area contributed by atoms with Gasteiger partial charge in [-0.25, -0.2) is 0 Å². The number of fused-ring (bicyclic) bond motifs is 2. The van der Waals surface area contributed by atoms with E-state index in [1.807, 2.05) is 73.8 Å². The molecule has 31 heavy (non-hydrogen) atoms. The quantitative estimate of drug-likeness (QED) is 0.437. The van der Waals surface area contributed by atoms with Gasteiger partial charge in [-0.1, -0.05) is 47.7 Å². The predicted molar refractivity (Wildman–Crippen MR) is 125 cm³/mol. The van der Waals surface area contributed by atoms with Crippen LogP contribution in [0.5, 0.6) is 0 Å². The Bertz CT molecular complexity index is 1330. The van der Waals surface area contributed by atoms with Crippen LogP contribution in [-0.4, -0.2) is 23.8 Å². The van der Waals surface area contributed by atoms with Gasteiger partial charge >= 0.3 is 0 Å². The van der Waals surface area contributed by atoms with Gasteiger partial charge in [-0.15, -0.1) is 0 Å². The summed E-state index contributed by atoms with van der Waals surface area (Å²) >= 11 is 1.52. The first-order valence-electron chi connectivity index (χ1n) is 10.0. The lowest BCUT2D eigenvalue weighted by molar-refractivity contribution is -0.117. The molecule has 6 heteroatoms. The molecule has 0 fully saturated rings. The Kier molecular flexibility index (Phi) is 4.59. The number of aryl methyl sites for hydroxylation is 1. The van der Waals surface area contributed by atoms with E-state index in [4.69, 9.17) is 0 Å². The van der Waals surface area contributed by atoms with Gasteiger partial charge in [-0.05, 0) is 43.3 Å². The van der Waals surface area contributed by atoms with Crippen molar-refractivity contribution in [2.24, 2.45) is 0 Å². The molecule has 1 aromatic heterocycles. The number of aromatic amines is 1. The van der Waals surface area contributed by atoms with Crippen LogP contribution in [0, 0.1) is 6.92 Å². The standard InChI is InChI=1S/C25H21N3O2S/c1-15-7-10-17(11-8-15)31-25(19-5-3-4-6-22(19)28-24(25)30)20-14-27-21-12-9-16(13-18(20)21)23(29)26-2/h3-14,27H,1-2H3,(H,26,29)(H,28,30). The van der Waals surface area contributed by atoms with Crippen LogP contribution in [0.1, 0.15) is 27.0 Å². The van der Waals surface area contributed by atoms with Gasteiger partial charge in [0, 0.05) is 51.4 Å². The highest BCUT2D eigenvalue weighted by atomic mass is 32.2. The summed E-state index contributed by atoms with van der Waals surface area (Å²) in [7, 11) is 1.61. The molecular weight excluding hydrogens is 406 g/mol. The molecule has 2 amide bonds. The fraction of sp³-hybridized carbons (Fsp3) is 0.120. The lowest BCUT2D eigenvalue weighted by atomic mass is 9.90. The molecule has 0 bridgehead atoms. The number of para-hydroxylation sites is 1. The largest absolute Gasteiger partial charge is 0.361 e. The number of carbonyl (C=O) groups excluding carboxylic acids is 2. The Labute approximate surface area is 184 Å². The zero-order valence-electron chi connectivity index (χ0n) is 17.2. The maximum atomic E-state index is 13.6. The van der Waals surface area contributed by atoms with Crippen LogP contribution in [0.4, 0.5) is 5.69 Å². The molecule has 1 aliphatic heterocycles. The zero-order chi connectivity index (χ0) is 21.6. The molecule has 0 radical (unpaired) electrons. The highest BCUT2D eigenvalue weighted by Gasteiger charge is 2.50. The van der Waals surface area contributed by atoms with Gasteiger partial charge in [-0.2, -0.15) is 0 Å². The van der Waals surface area contributed by atoms with Crippen molar-refractivity contribution in [2.75, 3.05) is 12.4 Å². The van der Waals surface area contributed by atoms with Gasteiger partial charge in [0.25, 0.3) is 5.91 Å². The minimum atomic E-state index is -0.981. The van der Waals surface area contributed by atoms with Crippen molar-refractivity contribution in [1.82, 2.24) is 10.3 Å². The van der Waals surface area contributed by atoms with E-state index >= 15 is 0 Å². The second-order valence-electron chi connectivity index (χ2n) is 7.64. The molecule has 5 rings (SSSR count). The molecular formula is C25H21N3O2S. The number of rotatable bonds is 4. The Morgan fingerprint density at radius 2 is 1.77 bits per heavy atom. The Morgan fingerprint density at radius 3 is 2.55 bits per heavy atom. The Hall–Kier alpha value is -3.51. The number of thioether (sulfide) groups is 1. The monoisotopic (exact) mass is 427 g/mol. The van der Waals surface area contributed by atoms with E-state index in [1.54, 1.807) is 13.1 Å². The zero-order valence-corrected chi connectivity index (χ0v) is 18.0. The van der Waals surface area contributed by atoms with E-state index in [1.165, 1.54) is 11.8 Å². The molecule has 4 aromatic rings. The van der Waals surface area contributed by atoms with Crippen LogP contribution in [0.25, 0.3) is 10.9 Å². The molecule has 2 heterocycles. The van der Waals surface area contributed by atoms with Crippen molar-refractivity contribution < 1.29 is 9.59 Å². The summed E-state index contributed by atoms with van der Waals surface area (Å²) in [4.78, 5) is 30.2. The second kappa shape index (κ2) is 7.32. The van der Waals surface area contributed by atoms with Gasteiger partial charge < -0.3 is 15.6 Å². The number of nitrogens with one attached hydrogen (secondary N) is 3. The molecule has 1 unspecified atom stereocenters. The summed E-state index contributed by atoms with van der Waals surface area (Å²) in [5.74, 6) is -0.254. The van der Waals surface area contributed by atoms with Crippen LogP contribution in [-0.2, 0) is 9.54 Å². The lowest BCUT2D eigenvalue weighted by Gasteiger charge is -2.27. The van der Waals surface area contributed by atoms with Gasteiger partial charge in [0.2, 0.25) is 5.91 Å². The number of hydrogen-bond acceptors (Lipinski definition) is 3. The van der Waals surface area contributed by atoms with Crippen molar-refractivity contribution in [3.8, 4) is 0 Å². The number of hydrogen-bond donors (Lipinski definition) is 3. The number of H-pyrrole nitrogens is 1. The van der Waals surface area contributed by atoms with E-state index in [2.05, 4.69) is 15.6 Å². The predicted octanol–water partition coefficient (Wildman–Crippen LogP) is 4.82. The molecule has 5 nitrogen and oxygen atoms in total. The second-order valence-corrected chi connectivity index (χ2v) is 8.93. The third-order valence-corrected chi connectivity index (χ3v) is 7.16. The van der Waals surface area contributed by atoms with Crippen LogP contribution in [0.15, 0.2) is 77.8 Å². The summed E-state index contributed by atoms with van der Waals surface area (Å²) in [6.45, 7) is 2.04. The van der Waals surface area contributed by atoms with Gasteiger partial charge in [0.05, 0.1) is 0 Å². The van der Waals surface area contributed by atoms with Crippen LogP contribution in [0.3, 0.4) is 0 Å². The van der Waals surface area contributed by atoms with E-state index in [0.717, 1.165) is 38.2 Å². The first kappa shape index (κ1) is 19.5. The summed E-state index contributed by atoms with van der Waals surface area (Å²) < 4.78 is -0.981. The first-order valence-corrected chi connectivity index (χ1v) is 10.8. The van der Waals surface area contributed by atoms with Gasteiger partial charge in [-0.3, -0.25) is 9.59 Å². The highest BCUT2D eigenvalue weighted by Crippen LogP contribution is 2.54. The molecule has 0 spiro atoms. The van der Waals surface area contributed by atoms with Gasteiger partial charge in [0.1, 0.15) is 0 Å². The van der Waals surface area contributed by atoms with Crippen molar-refractivity contribution >= 4 is 40.2 Å². The van der Waals surface area contributed by atoms with Crippen molar-refractivity contribution in [1.29, 1.82) is 0 Å². The minimum absolute atomic E-state index is 0.0921. The maximum Gasteiger partial charge on any atom is 0.251 e. The van der Waals surface area contributed by atoms with E-state index in [-0.39, 0.29) is 11.8 Å². The van der Waals surface area contributed by atoms with Crippen LogP contribution >= 0.6 is 11.8 Å². The number of carbonyl (C=O) groups is 2. The molecule has 154 valence electrons. The van der Waals surface area contributed by atoms with Crippen molar-refractivity contribution in [3.63, 3.8) is 0 Å². The molecule has 0 saturated carbocycles. The third kappa shape index (κ3) is 3.02. The number of benzene rings is 3. The number of anilines is 1. The molecule has 1 aliphatic rings. The summed E-state index contributed by atoms with van der Waals surface area (Å²) in [6, 6.07) is 21.5. The average Bonchev–Trinajstić information content (AvgIpc) is 3.33. The average molecular weight is 428 g/mol. The Morgan fingerprint density at radius 1 is 1.00 bits per heavy atom. The summed E-state index contributed by atoms with van der Waals surface area (Å²) in [6.07, 6.45) is 1.89. The fourth-order valence-corrected chi connectivity index (χ4v) is 5.47. The number of amides is 2. The van der Waals surface area contributed by atoms with E-state index < -0.39 is 4.75 Å². The van der Waals surface area contributed by atoms with E-state index in [9.17, 15) is 9.59 Å². The molecule has 3 aromatic carbocycles. The number of aromatic nitrogens is 1. The minimum Gasteiger partial charge on any atom is -0.361 e. The summed E-state index contributed by atoms with van der Waals surface area (Å²) in [5.41, 5.74) is 5.15. The molecule has 0 saturated heterocycles. The van der Waals surface area contributed by atoms with Crippen LogP contribution < -0.4 is 10.6 Å². The van der Waals surface area contributed by atoms with Crippen molar-refractivity contribution in [2.45, 2.75) is 16.6 Å². The van der Waals surface area contributed by atoms with Crippen molar-refractivity contribution in [3.05, 3.63) is 95.2 Å². The fourth-order valence-electron chi connectivity index (χ4n) is 4.14. The molecule has 1 atom stereocenters. The van der Waals surface area contributed by atoms with E-state index in [0.29, 0.717) is 5.56 Å². The smallest absolute Gasteiger partial charge is 0.251 e. The maximum absolute atomic E-state index is 13.6. The highest BCUT2D eigenvalue weighted by molar-refractivity contribution is 8.01. The van der Waals surface area contributed by atoms with Gasteiger partial charge in [0.15, 0.2) is 4.75 Å². The first-order chi connectivity index (χ1) is 15.0. The SMILES string of the molecule is CNC(=O)c1ccc2[nH]cc(C3(Sc4ccc(C)cc4)C(=O)Nc4ccccc43)c2c1. The molecule has 3 N–H and O–H groups in total. The Balaban J connectivity index is 1.77. The van der Waals surface area contributed by atoms with Crippen LogP contribution in [0.2, 0.25) is 0 Å².